The van der Waals surface area contributed by atoms with E-state index in [4.69, 9.17) is 23.2 Å². The summed E-state index contributed by atoms with van der Waals surface area (Å²) in [6.45, 7) is 4.43. The first-order chi connectivity index (χ1) is 15.2. The van der Waals surface area contributed by atoms with Gasteiger partial charge in [0.25, 0.3) is 0 Å². The van der Waals surface area contributed by atoms with E-state index in [0.717, 1.165) is 17.5 Å². The summed E-state index contributed by atoms with van der Waals surface area (Å²) in [7, 11) is 1.86. The lowest BCUT2D eigenvalue weighted by molar-refractivity contribution is -0.160. The number of hydrogen-bond acceptors (Lipinski definition) is 3. The molecule has 0 aliphatic carbocycles. The third-order valence-corrected chi connectivity index (χ3v) is 6.92. The van der Waals surface area contributed by atoms with E-state index in [0.29, 0.717) is 23.0 Å². The number of amides is 1. The smallest absolute Gasteiger partial charge is 0.304 e. The highest BCUT2D eigenvalue weighted by Crippen LogP contribution is 2.52. The van der Waals surface area contributed by atoms with E-state index in [9.17, 15) is 14.7 Å². The number of benzene rings is 2. The summed E-state index contributed by atoms with van der Waals surface area (Å²) >= 11 is 12.5. The Kier molecular flexibility index (Phi) is 7.86. The van der Waals surface area contributed by atoms with Gasteiger partial charge in [0.15, 0.2) is 0 Å². The minimum atomic E-state index is -1.02. The highest BCUT2D eigenvalue weighted by molar-refractivity contribution is 6.30. The molecule has 2 N–H and O–H groups in total. The molecule has 0 bridgehead atoms. The van der Waals surface area contributed by atoms with Crippen LogP contribution in [0.4, 0.5) is 0 Å². The number of likely N-dealkylation sites (tertiary alicyclic amines) is 1. The lowest BCUT2D eigenvalue weighted by atomic mass is 9.67. The van der Waals surface area contributed by atoms with Gasteiger partial charge in [-0.25, -0.2) is 0 Å². The molecule has 0 aromatic heterocycles. The minimum absolute atomic E-state index is 0.0942. The molecule has 0 spiro atoms. The second-order valence-electron chi connectivity index (χ2n) is 8.83. The normalized spacial score (nSPS) is 24.4. The molecule has 1 fully saturated rings. The second kappa shape index (κ2) is 10.2. The van der Waals surface area contributed by atoms with Crippen molar-refractivity contribution in [2.24, 2.45) is 5.41 Å². The van der Waals surface area contributed by atoms with Crippen LogP contribution in [0.25, 0.3) is 0 Å². The van der Waals surface area contributed by atoms with Crippen LogP contribution in [0.5, 0.6) is 0 Å². The van der Waals surface area contributed by atoms with Gasteiger partial charge in [0.2, 0.25) is 5.91 Å². The molecule has 0 unspecified atom stereocenters. The topological polar surface area (TPSA) is 69.6 Å². The monoisotopic (exact) mass is 476 g/mol. The van der Waals surface area contributed by atoms with E-state index in [-0.39, 0.29) is 30.3 Å². The summed E-state index contributed by atoms with van der Waals surface area (Å²) in [6.07, 6.45) is 0.934. The Hall–Kier alpha value is -2.08. The zero-order chi connectivity index (χ0) is 23.5. The first kappa shape index (κ1) is 24.6. The van der Waals surface area contributed by atoms with E-state index < -0.39 is 11.4 Å². The fourth-order valence-corrected chi connectivity index (χ4v) is 5.28. The fraction of sp³-hybridized carbons (Fsp3) is 0.440. The number of carboxylic acid groups (broad SMARTS) is 1. The predicted octanol–water partition coefficient (Wildman–Crippen LogP) is 5.53. The third kappa shape index (κ3) is 5.11. The van der Waals surface area contributed by atoms with Gasteiger partial charge in [-0.2, -0.15) is 0 Å². The molecule has 0 radical (unpaired) electrons. The standard InChI is InChI=1S/C25H30Cl2N2O3/c1-4-20(15-28-3)29-23(16-8-10-18(26)11-9-16)21(17-6-5-7-19(27)12-17)13-25(2,24(29)32)14-22(30)31/h5-12,20-21,23,28H,4,13-15H2,1-3H3,(H,30,31)/t20-,21+,23+,25-/m0/s1. The van der Waals surface area contributed by atoms with Crippen LogP contribution in [0, 0.1) is 5.41 Å². The second-order valence-corrected chi connectivity index (χ2v) is 9.70. The van der Waals surface area contributed by atoms with Crippen molar-refractivity contribution >= 4 is 35.1 Å². The number of nitrogens with zero attached hydrogens (tertiary/aromatic N) is 1. The van der Waals surface area contributed by atoms with Crippen LogP contribution < -0.4 is 5.32 Å². The van der Waals surface area contributed by atoms with Gasteiger partial charge in [-0.05, 0) is 55.3 Å². The SMILES string of the molecule is CC[C@@H](CNC)N1C(=O)[C@](C)(CC(=O)O)C[C@H](c2cccc(Cl)c2)[C@H]1c1ccc(Cl)cc1. The minimum Gasteiger partial charge on any atom is -0.481 e. The molecule has 1 saturated heterocycles. The van der Waals surface area contributed by atoms with Crippen molar-refractivity contribution in [3.8, 4) is 0 Å². The van der Waals surface area contributed by atoms with Gasteiger partial charge in [-0.3, -0.25) is 9.59 Å². The number of carbonyl (C=O) groups excluding carboxylic acids is 1. The number of halogens is 2. The average molecular weight is 477 g/mol. The first-order valence-electron chi connectivity index (χ1n) is 10.9. The van der Waals surface area contributed by atoms with Gasteiger partial charge in [0.1, 0.15) is 0 Å². The van der Waals surface area contributed by atoms with Gasteiger partial charge in [-0.15, -0.1) is 0 Å². The summed E-state index contributed by atoms with van der Waals surface area (Å²) in [4.78, 5) is 27.6. The zero-order valence-electron chi connectivity index (χ0n) is 18.6. The van der Waals surface area contributed by atoms with Gasteiger partial charge < -0.3 is 15.3 Å². The molecule has 2 aromatic carbocycles. The van der Waals surface area contributed by atoms with Crippen LogP contribution in [-0.4, -0.2) is 41.5 Å². The third-order valence-electron chi connectivity index (χ3n) is 6.44. The van der Waals surface area contributed by atoms with Crippen LogP contribution in [-0.2, 0) is 9.59 Å². The Labute approximate surface area is 199 Å². The molecule has 1 amide bonds. The lowest BCUT2D eigenvalue weighted by Crippen LogP contribution is -2.57. The van der Waals surface area contributed by atoms with Crippen molar-refractivity contribution in [3.05, 3.63) is 69.7 Å². The van der Waals surface area contributed by atoms with Crippen LogP contribution in [0.2, 0.25) is 10.0 Å². The molecule has 3 rings (SSSR count). The predicted molar refractivity (Wildman–Crippen MR) is 128 cm³/mol. The van der Waals surface area contributed by atoms with E-state index in [1.165, 1.54) is 0 Å². The van der Waals surface area contributed by atoms with Crippen LogP contribution in [0.15, 0.2) is 48.5 Å². The largest absolute Gasteiger partial charge is 0.481 e. The van der Waals surface area contributed by atoms with Crippen molar-refractivity contribution in [2.75, 3.05) is 13.6 Å². The Morgan fingerprint density at radius 3 is 2.44 bits per heavy atom. The quantitative estimate of drug-likeness (QED) is 0.525. The zero-order valence-corrected chi connectivity index (χ0v) is 20.2. The van der Waals surface area contributed by atoms with Gasteiger partial charge in [0.05, 0.1) is 17.9 Å². The molecular weight excluding hydrogens is 447 g/mol. The molecule has 2 aromatic rings. The number of carboxylic acids is 1. The number of nitrogens with one attached hydrogen (secondary N) is 1. The molecule has 1 aliphatic heterocycles. The Balaban J connectivity index is 2.22. The Morgan fingerprint density at radius 2 is 1.88 bits per heavy atom. The highest BCUT2D eigenvalue weighted by Gasteiger charge is 2.52. The maximum absolute atomic E-state index is 13.9. The summed E-state index contributed by atoms with van der Waals surface area (Å²) < 4.78 is 0. The molecular formula is C25H30Cl2N2O3. The molecule has 7 heteroatoms. The van der Waals surface area contributed by atoms with Gasteiger partial charge >= 0.3 is 5.97 Å². The Bertz CT molecular complexity index is 966. The average Bonchev–Trinajstić information content (AvgIpc) is 2.74. The molecule has 1 aliphatic rings. The van der Waals surface area contributed by atoms with E-state index in [1.54, 1.807) is 6.92 Å². The lowest BCUT2D eigenvalue weighted by Gasteiger charge is -2.52. The van der Waals surface area contributed by atoms with Crippen LogP contribution >= 0.6 is 23.2 Å². The van der Waals surface area contributed by atoms with E-state index in [1.807, 2.05) is 67.4 Å². The van der Waals surface area contributed by atoms with Crippen molar-refractivity contribution in [3.63, 3.8) is 0 Å². The molecule has 1 heterocycles. The number of aliphatic carboxylic acids is 1. The summed E-state index contributed by atoms with van der Waals surface area (Å²) in [6, 6.07) is 14.9. The van der Waals surface area contributed by atoms with Crippen LogP contribution in [0.3, 0.4) is 0 Å². The van der Waals surface area contributed by atoms with Crippen LogP contribution in [0.1, 0.15) is 56.2 Å². The van der Waals surface area contributed by atoms with E-state index >= 15 is 0 Å². The Morgan fingerprint density at radius 1 is 1.19 bits per heavy atom. The maximum atomic E-state index is 13.9. The molecule has 5 nitrogen and oxygen atoms in total. The molecule has 32 heavy (non-hydrogen) atoms. The summed E-state index contributed by atoms with van der Waals surface area (Å²) in [5.74, 6) is -1.22. The van der Waals surface area contributed by atoms with Crippen molar-refractivity contribution in [1.29, 1.82) is 0 Å². The number of likely N-dealkylation sites (N-methyl/N-ethyl adjacent to an activating group) is 1. The van der Waals surface area contributed by atoms with Gasteiger partial charge in [-0.1, -0.05) is 61.3 Å². The molecule has 4 atom stereocenters. The maximum Gasteiger partial charge on any atom is 0.304 e. The first-order valence-corrected chi connectivity index (χ1v) is 11.7. The van der Waals surface area contributed by atoms with E-state index in [2.05, 4.69) is 5.32 Å². The molecule has 172 valence electrons. The molecule has 0 saturated carbocycles. The fourth-order valence-electron chi connectivity index (χ4n) is 4.96. The number of hydrogen-bond donors (Lipinski definition) is 2. The summed E-state index contributed by atoms with van der Waals surface area (Å²) in [5.41, 5.74) is 0.939. The van der Waals surface area contributed by atoms with Gasteiger partial charge in [0, 0.05) is 28.5 Å². The highest BCUT2D eigenvalue weighted by atomic mass is 35.5. The van der Waals surface area contributed by atoms with Crippen molar-refractivity contribution < 1.29 is 14.7 Å². The van der Waals surface area contributed by atoms with Crippen molar-refractivity contribution in [2.45, 2.75) is 51.1 Å². The number of rotatable bonds is 8. The van der Waals surface area contributed by atoms with Crippen molar-refractivity contribution in [1.82, 2.24) is 10.2 Å². The number of carbonyl (C=O) groups is 2. The summed E-state index contributed by atoms with van der Waals surface area (Å²) in [5, 5.41) is 14.1. The number of piperidine rings is 1.